The molecule has 202 valence electrons. The molecule has 2 heterocycles. The second-order valence-corrected chi connectivity index (χ2v) is 9.61. The normalized spacial score (nSPS) is 17.8. The van der Waals surface area contributed by atoms with Crippen molar-refractivity contribution in [3.05, 3.63) is 102 Å². The van der Waals surface area contributed by atoms with Gasteiger partial charge >= 0.3 is 0 Å². The Morgan fingerprint density at radius 2 is 1.62 bits per heavy atom. The summed E-state index contributed by atoms with van der Waals surface area (Å²) in [5, 5.41) is 0.931. The largest absolute Gasteiger partial charge is 0.374 e. The van der Waals surface area contributed by atoms with E-state index in [1.807, 2.05) is 43.0 Å². The maximum atomic E-state index is 14.1. The first-order valence-electron chi connectivity index (χ1n) is 12.5. The summed E-state index contributed by atoms with van der Waals surface area (Å²) in [4.78, 5) is 32.3. The maximum absolute atomic E-state index is 14.1. The zero-order chi connectivity index (χ0) is 27.5. The number of carbonyl (C=O) groups is 1. The van der Waals surface area contributed by atoms with E-state index in [-0.39, 0.29) is 30.1 Å². The lowest BCUT2D eigenvalue weighted by atomic mass is 10.0. The van der Waals surface area contributed by atoms with E-state index in [1.54, 1.807) is 41.4 Å². The van der Waals surface area contributed by atoms with E-state index in [1.165, 1.54) is 0 Å². The summed E-state index contributed by atoms with van der Waals surface area (Å²) in [5.41, 5.74) is 3.72. The van der Waals surface area contributed by atoms with Gasteiger partial charge in [-0.05, 0) is 56.3 Å². The number of nitrogens with zero attached hydrogens (tertiary/aromatic N) is 3. The van der Waals surface area contributed by atoms with Crippen LogP contribution in [-0.2, 0) is 6.54 Å². The molecule has 0 bridgehead atoms. The highest BCUT2D eigenvalue weighted by molar-refractivity contribution is 5.94. The van der Waals surface area contributed by atoms with E-state index in [9.17, 15) is 18.0 Å². The van der Waals surface area contributed by atoms with Gasteiger partial charge in [-0.2, -0.15) is 0 Å². The molecule has 1 fully saturated rings. The fraction of sp³-hybridized carbons (Fsp3) is 0.241. The van der Waals surface area contributed by atoms with Crippen LogP contribution < -0.4 is 15.3 Å². The quantitative estimate of drug-likeness (QED) is 0.257. The van der Waals surface area contributed by atoms with Gasteiger partial charge in [0.2, 0.25) is 0 Å². The number of aromatic nitrogens is 1. The van der Waals surface area contributed by atoms with Gasteiger partial charge in [0.25, 0.3) is 5.91 Å². The fourth-order valence-electron chi connectivity index (χ4n) is 4.97. The molecule has 0 aliphatic carbocycles. The predicted octanol–water partition coefficient (Wildman–Crippen LogP) is 5.26. The van der Waals surface area contributed by atoms with Crippen molar-refractivity contribution in [3.8, 4) is 11.5 Å². The van der Waals surface area contributed by atoms with E-state index in [0.29, 0.717) is 41.7 Å². The van der Waals surface area contributed by atoms with Crippen LogP contribution >= 0.6 is 0 Å². The van der Waals surface area contributed by atoms with E-state index in [2.05, 4.69) is 10.6 Å². The van der Waals surface area contributed by atoms with Gasteiger partial charge in [-0.3, -0.25) is 14.7 Å². The zero-order valence-electron chi connectivity index (χ0n) is 21.4. The lowest BCUT2D eigenvalue weighted by molar-refractivity contribution is -0.0181. The Bertz CT molecular complexity index is 1470. The van der Waals surface area contributed by atoms with Crippen LogP contribution in [0.25, 0.3) is 10.9 Å². The number of para-hydroxylation sites is 1. The molecule has 39 heavy (non-hydrogen) atoms. The molecule has 2 atom stereocenters. The second kappa shape index (κ2) is 11.3. The van der Waals surface area contributed by atoms with E-state index in [4.69, 9.17) is 9.68 Å². The molecule has 1 saturated heterocycles. The van der Waals surface area contributed by atoms with Crippen molar-refractivity contribution in [2.24, 2.45) is 0 Å². The molecule has 4 aromatic rings. The molecule has 1 aliphatic rings. The van der Waals surface area contributed by atoms with E-state index < -0.39 is 17.5 Å². The van der Waals surface area contributed by atoms with Crippen molar-refractivity contribution in [1.29, 1.82) is 0 Å². The van der Waals surface area contributed by atoms with Gasteiger partial charge in [-0.1, -0.05) is 18.2 Å². The first-order chi connectivity index (χ1) is 18.8. The van der Waals surface area contributed by atoms with Crippen LogP contribution in [0.1, 0.15) is 29.8 Å². The first-order valence-corrected chi connectivity index (χ1v) is 12.5. The lowest BCUT2D eigenvalue weighted by Gasteiger charge is -2.44. The summed E-state index contributed by atoms with van der Waals surface area (Å²) in [6.07, 6.45) is 1.68. The number of fused-ring (bicyclic) bond motifs is 1. The monoisotopic (exact) mass is 536 g/mol. The minimum atomic E-state index is -1.21. The van der Waals surface area contributed by atoms with Gasteiger partial charge in [0, 0.05) is 66.1 Å². The van der Waals surface area contributed by atoms with Crippen LogP contribution in [0, 0.1) is 17.5 Å². The molecule has 5 rings (SSSR count). The number of hydrogen-bond donors (Lipinski definition) is 1. The summed E-state index contributed by atoms with van der Waals surface area (Å²) < 4.78 is 41.0. The highest BCUT2D eigenvalue weighted by Gasteiger charge is 2.33. The third-order valence-electron chi connectivity index (χ3n) is 6.72. The lowest BCUT2D eigenvalue weighted by Crippen LogP contribution is -2.58. The van der Waals surface area contributed by atoms with Gasteiger partial charge < -0.3 is 14.6 Å². The molecular formula is C29H27F3N4O3. The predicted molar refractivity (Wildman–Crippen MR) is 139 cm³/mol. The van der Waals surface area contributed by atoms with Gasteiger partial charge in [0.05, 0.1) is 0 Å². The Hall–Kier alpha value is -4.15. The summed E-state index contributed by atoms with van der Waals surface area (Å²) in [6, 6.07) is 17.1. The minimum Gasteiger partial charge on any atom is -0.374 e. The summed E-state index contributed by atoms with van der Waals surface area (Å²) >= 11 is 0. The molecular weight excluding hydrogens is 509 g/mol. The number of piperazine rings is 1. The zero-order valence-corrected chi connectivity index (χ0v) is 21.4. The van der Waals surface area contributed by atoms with Crippen LogP contribution in [0.4, 0.5) is 13.2 Å². The highest BCUT2D eigenvalue weighted by Crippen LogP contribution is 2.24. The van der Waals surface area contributed by atoms with Gasteiger partial charge in [0.15, 0.2) is 23.1 Å². The molecule has 0 saturated carbocycles. The van der Waals surface area contributed by atoms with Crippen LogP contribution in [0.5, 0.6) is 11.5 Å². The van der Waals surface area contributed by atoms with Crippen molar-refractivity contribution >= 4 is 16.8 Å². The molecule has 0 radical (unpaired) electrons. The summed E-state index contributed by atoms with van der Waals surface area (Å²) in [5.74, 6) is -2.28. The molecule has 3 aromatic carbocycles. The van der Waals surface area contributed by atoms with E-state index >= 15 is 0 Å². The van der Waals surface area contributed by atoms with E-state index in [0.717, 1.165) is 11.5 Å². The van der Waals surface area contributed by atoms with Crippen LogP contribution in [0.3, 0.4) is 0 Å². The highest BCUT2D eigenvalue weighted by atomic mass is 19.2. The number of nitrogens with one attached hydrogen (secondary N) is 1. The van der Waals surface area contributed by atoms with Crippen molar-refractivity contribution in [2.75, 3.05) is 13.1 Å². The Balaban J connectivity index is 1.18. The summed E-state index contributed by atoms with van der Waals surface area (Å²) in [7, 11) is 0. The smallest absolute Gasteiger partial charge is 0.254 e. The molecule has 0 spiro atoms. The molecule has 1 N–H and O–H groups in total. The maximum Gasteiger partial charge on any atom is 0.254 e. The molecule has 2 unspecified atom stereocenters. The molecule has 7 nitrogen and oxygen atoms in total. The molecule has 10 heteroatoms. The Labute approximate surface area is 223 Å². The third-order valence-corrected chi connectivity index (χ3v) is 6.72. The number of hydrogen-bond acceptors (Lipinski definition) is 6. The second-order valence-electron chi connectivity index (χ2n) is 9.61. The molecule has 1 amide bonds. The fourth-order valence-corrected chi connectivity index (χ4v) is 4.97. The van der Waals surface area contributed by atoms with Crippen molar-refractivity contribution in [1.82, 2.24) is 20.4 Å². The van der Waals surface area contributed by atoms with Crippen LogP contribution in [0.15, 0.2) is 72.9 Å². The number of rotatable bonds is 7. The van der Waals surface area contributed by atoms with Gasteiger partial charge in [0.1, 0.15) is 11.3 Å². The van der Waals surface area contributed by atoms with Gasteiger partial charge in [-0.25, -0.2) is 13.2 Å². The Morgan fingerprint density at radius 3 is 2.36 bits per heavy atom. The Morgan fingerprint density at radius 1 is 0.923 bits per heavy atom. The van der Waals surface area contributed by atoms with Crippen molar-refractivity contribution < 1.29 is 27.6 Å². The van der Waals surface area contributed by atoms with Crippen molar-refractivity contribution in [3.63, 3.8) is 0 Å². The number of pyridine rings is 1. The average Bonchev–Trinajstić information content (AvgIpc) is 2.92. The average molecular weight is 537 g/mol. The number of carbonyl (C=O) groups excluding carboxylic acids is 1. The number of amides is 1. The van der Waals surface area contributed by atoms with Crippen LogP contribution in [-0.4, -0.2) is 45.9 Å². The Kier molecular flexibility index (Phi) is 7.67. The van der Waals surface area contributed by atoms with Gasteiger partial charge in [-0.15, -0.1) is 0 Å². The SMILES string of the molecule is CC1CN(Cc2cc(F)c(F)cc2F)CC(C)N1C(=O)c1ccc(ONOc2cccc3cccnc23)cc1. The number of halogens is 3. The third kappa shape index (κ3) is 5.81. The van der Waals surface area contributed by atoms with Crippen molar-refractivity contribution in [2.45, 2.75) is 32.5 Å². The summed E-state index contributed by atoms with van der Waals surface area (Å²) in [6.45, 7) is 4.85. The molecule has 1 aromatic heterocycles. The van der Waals surface area contributed by atoms with Crippen LogP contribution in [0.2, 0.25) is 0 Å². The molecule has 1 aliphatic heterocycles. The standard InChI is InChI=1S/C29H27F3N4O3/c1-18-15-35(17-22-13-25(31)26(32)14-24(22)30)16-19(2)36(18)29(37)21-8-10-23(11-9-21)38-34-39-27-7-3-5-20-6-4-12-33-28(20)27/h3-14,18-19,34H,15-17H2,1-2H3. The topological polar surface area (TPSA) is 66.9 Å². The first kappa shape index (κ1) is 26.5. The number of benzene rings is 3. The minimum absolute atomic E-state index is 0.0815.